The summed E-state index contributed by atoms with van der Waals surface area (Å²) in [5.41, 5.74) is 2.57. The quantitative estimate of drug-likeness (QED) is 0.241. The van der Waals surface area contributed by atoms with Crippen molar-refractivity contribution < 1.29 is 19.0 Å². The average Bonchev–Trinajstić information content (AvgIpc) is 3.23. The van der Waals surface area contributed by atoms with Gasteiger partial charge in [-0.3, -0.25) is 0 Å². The Morgan fingerprint density at radius 3 is 2.50 bits per heavy atom. The van der Waals surface area contributed by atoms with E-state index >= 15 is 0 Å². The highest BCUT2D eigenvalue weighted by Crippen LogP contribution is 2.38. The van der Waals surface area contributed by atoms with E-state index in [1.165, 1.54) is 7.11 Å². The second-order valence-corrected chi connectivity index (χ2v) is 8.11. The van der Waals surface area contributed by atoms with E-state index in [1.807, 2.05) is 72.8 Å². The Morgan fingerprint density at radius 2 is 1.71 bits per heavy atom. The minimum absolute atomic E-state index is 0.180. The van der Waals surface area contributed by atoms with Gasteiger partial charge in [-0.15, -0.1) is 0 Å². The summed E-state index contributed by atoms with van der Waals surface area (Å²) in [6, 6.07) is 27.0. The summed E-state index contributed by atoms with van der Waals surface area (Å²) >= 11 is 6.50. The number of benzene rings is 4. The zero-order valence-electron chi connectivity index (χ0n) is 18.3. The fourth-order valence-electron chi connectivity index (χ4n) is 3.71. The van der Waals surface area contributed by atoms with Gasteiger partial charge in [0.2, 0.25) is 5.90 Å². The van der Waals surface area contributed by atoms with Crippen molar-refractivity contribution >= 4 is 40.3 Å². The molecule has 34 heavy (non-hydrogen) atoms. The van der Waals surface area contributed by atoms with E-state index in [-0.39, 0.29) is 11.6 Å². The molecule has 0 amide bonds. The number of hydrogen-bond donors (Lipinski definition) is 0. The first-order valence-electron chi connectivity index (χ1n) is 10.7. The van der Waals surface area contributed by atoms with Crippen molar-refractivity contribution in [3.8, 4) is 11.5 Å². The predicted molar refractivity (Wildman–Crippen MR) is 133 cm³/mol. The second kappa shape index (κ2) is 9.41. The van der Waals surface area contributed by atoms with Crippen LogP contribution >= 0.6 is 11.6 Å². The number of nitrogens with zero attached hydrogens (tertiary/aromatic N) is 1. The lowest BCUT2D eigenvalue weighted by molar-refractivity contribution is -0.129. The Morgan fingerprint density at radius 1 is 0.941 bits per heavy atom. The molecule has 0 atom stereocenters. The number of ether oxygens (including phenoxy) is 3. The molecule has 0 aliphatic carbocycles. The molecule has 0 bridgehead atoms. The van der Waals surface area contributed by atoms with Crippen LogP contribution in [-0.2, 0) is 16.1 Å². The van der Waals surface area contributed by atoms with Crippen LogP contribution in [0.2, 0.25) is 5.02 Å². The summed E-state index contributed by atoms with van der Waals surface area (Å²) in [5, 5.41) is 2.51. The molecule has 0 saturated heterocycles. The smallest absolute Gasteiger partial charge is 0.363 e. The molecular weight excluding hydrogens is 450 g/mol. The van der Waals surface area contributed by atoms with E-state index < -0.39 is 5.97 Å². The highest BCUT2D eigenvalue weighted by Gasteiger charge is 2.24. The van der Waals surface area contributed by atoms with Gasteiger partial charge < -0.3 is 14.2 Å². The van der Waals surface area contributed by atoms with E-state index in [4.69, 9.17) is 25.8 Å². The molecule has 4 aromatic rings. The molecule has 0 N–H and O–H groups in total. The molecule has 0 unspecified atom stereocenters. The monoisotopic (exact) mass is 469 g/mol. The SMILES string of the molecule is COc1cc(/C=C2\N=C(c3ccc4ccccc4c3)OC2=O)cc(Cl)c1OCc1ccccc1. The maximum absolute atomic E-state index is 12.5. The summed E-state index contributed by atoms with van der Waals surface area (Å²) in [4.78, 5) is 16.9. The third kappa shape index (κ3) is 4.51. The lowest BCUT2D eigenvalue weighted by atomic mass is 10.1. The molecule has 0 fully saturated rings. The van der Waals surface area contributed by atoms with Gasteiger partial charge in [-0.2, -0.15) is 0 Å². The van der Waals surface area contributed by atoms with Crippen LogP contribution in [0.3, 0.4) is 0 Å². The molecular formula is C28H20ClNO4. The number of methoxy groups -OCH3 is 1. The number of carbonyl (C=O) groups excluding carboxylic acids is 1. The summed E-state index contributed by atoms with van der Waals surface area (Å²) in [6.07, 6.45) is 1.62. The highest BCUT2D eigenvalue weighted by atomic mass is 35.5. The zero-order valence-corrected chi connectivity index (χ0v) is 19.1. The third-order valence-corrected chi connectivity index (χ3v) is 5.68. The third-order valence-electron chi connectivity index (χ3n) is 5.40. The minimum atomic E-state index is -0.525. The van der Waals surface area contributed by atoms with Crippen LogP contribution in [-0.4, -0.2) is 19.0 Å². The molecule has 0 aromatic heterocycles. The topological polar surface area (TPSA) is 57.1 Å². The molecule has 0 saturated carbocycles. The van der Waals surface area contributed by atoms with Crippen LogP contribution in [0.15, 0.2) is 95.6 Å². The highest BCUT2D eigenvalue weighted by molar-refractivity contribution is 6.32. The first kappa shape index (κ1) is 21.7. The van der Waals surface area contributed by atoms with Gasteiger partial charge in [0.05, 0.1) is 12.1 Å². The van der Waals surface area contributed by atoms with E-state index in [9.17, 15) is 4.79 Å². The lowest BCUT2D eigenvalue weighted by Gasteiger charge is -2.13. The number of halogens is 1. The Hall–Kier alpha value is -4.09. The molecule has 5 nitrogen and oxygen atoms in total. The van der Waals surface area contributed by atoms with E-state index in [0.29, 0.717) is 28.7 Å². The van der Waals surface area contributed by atoms with Crippen LogP contribution in [0.25, 0.3) is 16.8 Å². The Kier molecular flexibility index (Phi) is 6.02. The number of aliphatic imine (C=N–C) groups is 1. The van der Waals surface area contributed by atoms with Crippen LogP contribution in [0, 0.1) is 0 Å². The molecule has 1 aliphatic rings. The van der Waals surface area contributed by atoms with Crippen LogP contribution in [0.5, 0.6) is 11.5 Å². The fourth-order valence-corrected chi connectivity index (χ4v) is 3.98. The molecule has 4 aromatic carbocycles. The van der Waals surface area contributed by atoms with Crippen molar-refractivity contribution in [2.24, 2.45) is 4.99 Å². The van der Waals surface area contributed by atoms with Crippen molar-refractivity contribution in [3.05, 3.63) is 112 Å². The largest absolute Gasteiger partial charge is 0.493 e. The number of fused-ring (bicyclic) bond motifs is 1. The van der Waals surface area contributed by atoms with Gasteiger partial charge in [-0.05, 0) is 52.2 Å². The Bertz CT molecular complexity index is 1440. The molecule has 0 spiro atoms. The van der Waals surface area contributed by atoms with E-state index in [1.54, 1.807) is 18.2 Å². The van der Waals surface area contributed by atoms with Crippen molar-refractivity contribution in [1.82, 2.24) is 0 Å². The summed E-state index contributed by atoms with van der Waals surface area (Å²) < 4.78 is 16.8. The van der Waals surface area contributed by atoms with Crippen molar-refractivity contribution in [2.45, 2.75) is 6.61 Å². The summed E-state index contributed by atoms with van der Waals surface area (Å²) in [6.45, 7) is 0.350. The minimum Gasteiger partial charge on any atom is -0.493 e. The average molecular weight is 470 g/mol. The van der Waals surface area contributed by atoms with Gasteiger partial charge in [0.15, 0.2) is 17.2 Å². The van der Waals surface area contributed by atoms with Crippen LogP contribution in [0.4, 0.5) is 0 Å². The number of esters is 1. The Balaban J connectivity index is 1.42. The molecule has 1 aliphatic heterocycles. The number of hydrogen-bond acceptors (Lipinski definition) is 5. The summed E-state index contributed by atoms with van der Waals surface area (Å²) in [7, 11) is 1.54. The van der Waals surface area contributed by atoms with Gasteiger partial charge in [-0.25, -0.2) is 9.79 Å². The van der Waals surface area contributed by atoms with E-state index in [0.717, 1.165) is 21.9 Å². The van der Waals surface area contributed by atoms with Crippen molar-refractivity contribution in [1.29, 1.82) is 0 Å². The van der Waals surface area contributed by atoms with Crippen molar-refractivity contribution in [3.63, 3.8) is 0 Å². The van der Waals surface area contributed by atoms with E-state index in [2.05, 4.69) is 4.99 Å². The van der Waals surface area contributed by atoms with Gasteiger partial charge in [-0.1, -0.05) is 72.3 Å². The molecule has 5 rings (SSSR count). The first-order valence-corrected chi connectivity index (χ1v) is 11.0. The van der Waals surface area contributed by atoms with Crippen molar-refractivity contribution in [2.75, 3.05) is 7.11 Å². The normalized spacial score (nSPS) is 14.2. The maximum Gasteiger partial charge on any atom is 0.363 e. The van der Waals surface area contributed by atoms with Crippen LogP contribution in [0.1, 0.15) is 16.7 Å². The molecule has 1 heterocycles. The van der Waals surface area contributed by atoms with Gasteiger partial charge in [0.25, 0.3) is 0 Å². The molecule has 168 valence electrons. The van der Waals surface area contributed by atoms with Crippen LogP contribution < -0.4 is 9.47 Å². The van der Waals surface area contributed by atoms with Gasteiger partial charge >= 0.3 is 5.97 Å². The zero-order chi connectivity index (χ0) is 23.5. The first-order chi connectivity index (χ1) is 16.6. The predicted octanol–water partition coefficient (Wildman–Crippen LogP) is 6.43. The van der Waals surface area contributed by atoms with Gasteiger partial charge in [0.1, 0.15) is 6.61 Å². The number of rotatable bonds is 6. The standard InChI is InChI=1S/C28H20ClNO4/c1-32-25-15-19(13-23(29)26(25)33-17-18-7-3-2-4-8-18)14-24-28(31)34-27(30-24)22-12-11-20-9-5-6-10-21(20)16-22/h2-16H,17H2,1H3/b24-14-. The Labute approximate surface area is 201 Å². The maximum atomic E-state index is 12.5. The number of carbonyl (C=O) groups is 1. The second-order valence-electron chi connectivity index (χ2n) is 7.71. The fraction of sp³-hybridized carbons (Fsp3) is 0.0714. The molecule has 0 radical (unpaired) electrons. The lowest BCUT2D eigenvalue weighted by Crippen LogP contribution is -2.05. The molecule has 6 heteroatoms. The number of cyclic esters (lactones) is 1. The summed E-state index contributed by atoms with van der Waals surface area (Å²) in [5.74, 6) is 0.635. The van der Waals surface area contributed by atoms with Gasteiger partial charge in [0, 0.05) is 5.56 Å².